The maximum absolute atomic E-state index is 10.9. The summed E-state index contributed by atoms with van der Waals surface area (Å²) in [5.74, 6) is 0. The number of fused-ring (bicyclic) bond motifs is 1. The van der Waals surface area contributed by atoms with Gasteiger partial charge in [0.25, 0.3) is 0 Å². The van der Waals surface area contributed by atoms with E-state index in [2.05, 4.69) is 34.3 Å². The third-order valence-corrected chi connectivity index (χ3v) is 3.00. The lowest BCUT2D eigenvalue weighted by Gasteiger charge is -2.08. The fourth-order valence-electron chi connectivity index (χ4n) is 1.77. The summed E-state index contributed by atoms with van der Waals surface area (Å²) in [7, 11) is 0. The van der Waals surface area contributed by atoms with Crippen molar-refractivity contribution in [2.45, 2.75) is 19.9 Å². The molecule has 78 valence electrons. The lowest BCUT2D eigenvalue weighted by atomic mass is 10.2. The van der Waals surface area contributed by atoms with Gasteiger partial charge in [-0.1, -0.05) is 15.9 Å². The number of carbonyl (C=O) groups is 1. The molecule has 0 amide bonds. The number of aldehydes is 1. The van der Waals surface area contributed by atoms with E-state index in [0.29, 0.717) is 6.04 Å². The van der Waals surface area contributed by atoms with Crippen molar-refractivity contribution in [3.8, 4) is 0 Å². The largest absolute Gasteiger partial charge is 0.344 e. The summed E-state index contributed by atoms with van der Waals surface area (Å²) in [5, 5.41) is 1.01. The molecule has 0 atom stereocenters. The second kappa shape index (κ2) is 3.81. The molecule has 2 rings (SSSR count). The van der Waals surface area contributed by atoms with Crippen LogP contribution in [0.2, 0.25) is 0 Å². The normalized spacial score (nSPS) is 11.2. The van der Waals surface area contributed by atoms with Crippen LogP contribution < -0.4 is 0 Å². The van der Waals surface area contributed by atoms with Crippen molar-refractivity contribution in [1.29, 1.82) is 0 Å². The molecule has 0 aliphatic carbocycles. The number of aromatic nitrogens is 1. The van der Waals surface area contributed by atoms with E-state index < -0.39 is 0 Å². The highest BCUT2D eigenvalue weighted by Crippen LogP contribution is 2.26. The molecule has 1 aromatic heterocycles. The van der Waals surface area contributed by atoms with Crippen LogP contribution >= 0.6 is 15.9 Å². The summed E-state index contributed by atoms with van der Waals surface area (Å²) in [6, 6.07) is 6.38. The molecule has 0 fully saturated rings. The van der Waals surface area contributed by atoms with E-state index in [9.17, 15) is 4.79 Å². The number of carbonyl (C=O) groups excluding carboxylic acids is 1. The van der Waals surface area contributed by atoms with Crippen molar-refractivity contribution in [3.05, 3.63) is 34.4 Å². The van der Waals surface area contributed by atoms with Crippen LogP contribution in [0.25, 0.3) is 10.9 Å². The minimum Gasteiger partial charge on any atom is -0.344 e. The molecule has 0 aliphatic rings. The summed E-state index contributed by atoms with van der Waals surface area (Å²) in [6.45, 7) is 4.21. The maximum Gasteiger partial charge on any atom is 0.152 e. The summed E-state index contributed by atoms with van der Waals surface area (Å²) in [6.07, 6.45) is 2.82. The van der Waals surface area contributed by atoms with E-state index >= 15 is 0 Å². The zero-order chi connectivity index (χ0) is 11.0. The molecule has 0 unspecified atom stereocenters. The van der Waals surface area contributed by atoms with Gasteiger partial charge in [0.2, 0.25) is 0 Å². The van der Waals surface area contributed by atoms with Gasteiger partial charge in [0, 0.05) is 33.2 Å². The Morgan fingerprint density at radius 2 is 2.13 bits per heavy atom. The fourth-order valence-corrected chi connectivity index (χ4v) is 2.14. The Bertz CT molecular complexity index is 514. The number of rotatable bonds is 2. The van der Waals surface area contributed by atoms with Gasteiger partial charge in [-0.2, -0.15) is 0 Å². The van der Waals surface area contributed by atoms with Crippen LogP contribution in [0.4, 0.5) is 0 Å². The van der Waals surface area contributed by atoms with E-state index in [1.165, 1.54) is 0 Å². The van der Waals surface area contributed by atoms with Gasteiger partial charge in [0.15, 0.2) is 6.29 Å². The standard InChI is InChI=1S/C12H12BrNO/c1-8(2)14-6-9(7-15)11-5-10(13)3-4-12(11)14/h3-8H,1-2H3. The molecule has 1 heterocycles. The monoisotopic (exact) mass is 265 g/mol. The minimum atomic E-state index is 0.363. The zero-order valence-corrected chi connectivity index (χ0v) is 10.3. The first-order valence-electron chi connectivity index (χ1n) is 4.88. The molecule has 0 aliphatic heterocycles. The highest BCUT2D eigenvalue weighted by molar-refractivity contribution is 9.10. The third kappa shape index (κ3) is 1.72. The number of hydrogen-bond acceptors (Lipinski definition) is 1. The van der Waals surface area contributed by atoms with E-state index in [1.807, 2.05) is 24.4 Å². The molecule has 2 nitrogen and oxygen atoms in total. The second-order valence-electron chi connectivity index (χ2n) is 3.86. The van der Waals surface area contributed by atoms with Crippen LogP contribution in [-0.4, -0.2) is 10.9 Å². The average Bonchev–Trinajstić information content (AvgIpc) is 2.55. The van der Waals surface area contributed by atoms with Crippen molar-refractivity contribution in [2.75, 3.05) is 0 Å². The van der Waals surface area contributed by atoms with Crippen LogP contribution in [0.5, 0.6) is 0 Å². The Labute approximate surface area is 97.0 Å². The van der Waals surface area contributed by atoms with Crippen LogP contribution in [-0.2, 0) is 0 Å². The van der Waals surface area contributed by atoms with E-state index in [1.54, 1.807) is 0 Å². The van der Waals surface area contributed by atoms with Gasteiger partial charge in [-0.15, -0.1) is 0 Å². The predicted molar refractivity (Wildman–Crippen MR) is 65.4 cm³/mol. The smallest absolute Gasteiger partial charge is 0.152 e. The summed E-state index contributed by atoms with van der Waals surface area (Å²) in [5.41, 5.74) is 1.86. The Kier molecular flexibility index (Phi) is 2.65. The highest BCUT2D eigenvalue weighted by atomic mass is 79.9. The molecule has 0 bridgehead atoms. The maximum atomic E-state index is 10.9. The molecule has 15 heavy (non-hydrogen) atoms. The lowest BCUT2D eigenvalue weighted by molar-refractivity contribution is 0.112. The van der Waals surface area contributed by atoms with E-state index in [0.717, 1.165) is 27.2 Å². The van der Waals surface area contributed by atoms with Crippen LogP contribution in [0.1, 0.15) is 30.2 Å². The van der Waals surface area contributed by atoms with Gasteiger partial charge < -0.3 is 4.57 Å². The van der Waals surface area contributed by atoms with Gasteiger partial charge in [0.1, 0.15) is 0 Å². The topological polar surface area (TPSA) is 22.0 Å². The Morgan fingerprint density at radius 1 is 1.40 bits per heavy atom. The zero-order valence-electron chi connectivity index (χ0n) is 8.70. The molecule has 0 N–H and O–H groups in total. The molecular weight excluding hydrogens is 254 g/mol. The average molecular weight is 266 g/mol. The van der Waals surface area contributed by atoms with Gasteiger partial charge in [-0.3, -0.25) is 4.79 Å². The van der Waals surface area contributed by atoms with Crippen molar-refractivity contribution in [2.24, 2.45) is 0 Å². The van der Waals surface area contributed by atoms with Crippen molar-refractivity contribution >= 4 is 33.1 Å². The quantitative estimate of drug-likeness (QED) is 0.758. The highest BCUT2D eigenvalue weighted by Gasteiger charge is 2.09. The molecule has 3 heteroatoms. The van der Waals surface area contributed by atoms with Crippen molar-refractivity contribution < 1.29 is 4.79 Å². The van der Waals surface area contributed by atoms with Crippen LogP contribution in [0.3, 0.4) is 0 Å². The van der Waals surface area contributed by atoms with Crippen molar-refractivity contribution in [1.82, 2.24) is 4.57 Å². The fraction of sp³-hybridized carbons (Fsp3) is 0.250. The minimum absolute atomic E-state index is 0.363. The SMILES string of the molecule is CC(C)n1cc(C=O)c2cc(Br)ccc21. The Morgan fingerprint density at radius 3 is 2.73 bits per heavy atom. The lowest BCUT2D eigenvalue weighted by Crippen LogP contribution is -1.97. The van der Waals surface area contributed by atoms with Crippen LogP contribution in [0.15, 0.2) is 28.9 Å². The number of nitrogens with zero attached hydrogens (tertiary/aromatic N) is 1. The first-order chi connectivity index (χ1) is 7.13. The number of hydrogen-bond donors (Lipinski definition) is 0. The van der Waals surface area contributed by atoms with Gasteiger partial charge in [-0.25, -0.2) is 0 Å². The second-order valence-corrected chi connectivity index (χ2v) is 4.78. The summed E-state index contributed by atoms with van der Waals surface area (Å²) in [4.78, 5) is 10.9. The van der Waals surface area contributed by atoms with E-state index in [4.69, 9.17) is 0 Å². The Balaban J connectivity index is 2.80. The predicted octanol–water partition coefficient (Wildman–Crippen LogP) is 3.80. The number of halogens is 1. The van der Waals surface area contributed by atoms with Crippen LogP contribution in [0, 0.1) is 0 Å². The molecule has 2 aromatic rings. The van der Waals surface area contributed by atoms with Crippen molar-refractivity contribution in [3.63, 3.8) is 0 Å². The molecule has 0 radical (unpaired) electrons. The summed E-state index contributed by atoms with van der Waals surface area (Å²) >= 11 is 3.42. The first kappa shape index (κ1) is 10.4. The van der Waals surface area contributed by atoms with Gasteiger partial charge in [-0.05, 0) is 32.0 Å². The van der Waals surface area contributed by atoms with Gasteiger partial charge >= 0.3 is 0 Å². The third-order valence-electron chi connectivity index (χ3n) is 2.51. The molecule has 0 saturated heterocycles. The molecular formula is C12H12BrNO. The molecule has 1 aromatic carbocycles. The number of benzene rings is 1. The Hall–Kier alpha value is -1.09. The molecule has 0 saturated carbocycles. The van der Waals surface area contributed by atoms with E-state index in [-0.39, 0.29) is 0 Å². The van der Waals surface area contributed by atoms with Gasteiger partial charge in [0.05, 0.1) is 0 Å². The summed E-state index contributed by atoms with van der Waals surface area (Å²) < 4.78 is 3.12. The molecule has 0 spiro atoms. The first-order valence-corrected chi connectivity index (χ1v) is 5.68.